The number of hydrogen-bond acceptors (Lipinski definition) is 7. The highest BCUT2D eigenvalue weighted by molar-refractivity contribution is 6.69. The summed E-state index contributed by atoms with van der Waals surface area (Å²) in [6.45, 7) is 9.23. The maximum Gasteiger partial charge on any atom is 0.515 e. The van der Waals surface area contributed by atoms with Crippen molar-refractivity contribution in [1.82, 2.24) is 0 Å². The first-order valence-corrected chi connectivity index (χ1v) is 9.76. The summed E-state index contributed by atoms with van der Waals surface area (Å²) in [6.07, 6.45) is 1.79. The van der Waals surface area contributed by atoms with E-state index in [4.69, 9.17) is 27.5 Å². The number of ether oxygens (including phenoxy) is 3. The zero-order valence-corrected chi connectivity index (χ0v) is 16.6. The standard InChI is InChI=1S/C16H32O7Si/c1-7-15(17)16(3,8-2)24(21-12-9-18-4,22-13-10-19-5)23-14-11-20-6/h7H,1,8-14H2,2-6H3. The highest BCUT2D eigenvalue weighted by atomic mass is 28.4. The summed E-state index contributed by atoms with van der Waals surface area (Å²) in [5.41, 5.74) is 0. The molecular weight excluding hydrogens is 332 g/mol. The maximum absolute atomic E-state index is 12.6. The lowest BCUT2D eigenvalue weighted by Gasteiger charge is -2.41. The van der Waals surface area contributed by atoms with Crippen LogP contribution in [0.15, 0.2) is 12.7 Å². The predicted molar refractivity (Wildman–Crippen MR) is 93.1 cm³/mol. The maximum atomic E-state index is 12.6. The molecule has 24 heavy (non-hydrogen) atoms. The Kier molecular flexibility index (Phi) is 12.4. The zero-order valence-electron chi connectivity index (χ0n) is 15.6. The van der Waals surface area contributed by atoms with Crippen molar-refractivity contribution in [2.24, 2.45) is 0 Å². The van der Waals surface area contributed by atoms with Gasteiger partial charge in [0.05, 0.1) is 44.7 Å². The number of hydrogen-bond donors (Lipinski definition) is 0. The lowest BCUT2D eigenvalue weighted by atomic mass is 10.0. The van der Waals surface area contributed by atoms with Crippen molar-refractivity contribution in [3.8, 4) is 0 Å². The Balaban J connectivity index is 5.61. The van der Waals surface area contributed by atoms with Crippen LogP contribution < -0.4 is 0 Å². The molecule has 0 heterocycles. The Morgan fingerprint density at radius 3 is 1.54 bits per heavy atom. The Bertz CT molecular complexity index is 338. The molecule has 0 bridgehead atoms. The number of carbonyl (C=O) groups excluding carboxylic acids is 1. The van der Waals surface area contributed by atoms with Crippen molar-refractivity contribution in [2.45, 2.75) is 25.3 Å². The molecule has 0 radical (unpaired) electrons. The molecule has 0 aromatic carbocycles. The Morgan fingerprint density at radius 1 is 0.917 bits per heavy atom. The van der Waals surface area contributed by atoms with Crippen LogP contribution in [-0.2, 0) is 32.3 Å². The number of ketones is 1. The molecule has 0 saturated carbocycles. The van der Waals surface area contributed by atoms with E-state index in [-0.39, 0.29) is 25.6 Å². The highest BCUT2D eigenvalue weighted by Crippen LogP contribution is 2.44. The van der Waals surface area contributed by atoms with Crippen LogP contribution in [0.2, 0.25) is 5.04 Å². The average molecular weight is 365 g/mol. The normalized spacial score (nSPS) is 14.4. The topological polar surface area (TPSA) is 72.5 Å². The minimum absolute atomic E-state index is 0.163. The second-order valence-corrected chi connectivity index (χ2v) is 8.42. The summed E-state index contributed by atoms with van der Waals surface area (Å²) in [6, 6.07) is 0. The molecule has 142 valence electrons. The smallest absolute Gasteiger partial charge is 0.382 e. The number of methoxy groups -OCH3 is 3. The summed E-state index contributed by atoms with van der Waals surface area (Å²) in [5, 5.41) is -0.941. The second-order valence-electron chi connectivity index (χ2n) is 5.33. The number of carbonyl (C=O) groups is 1. The molecule has 0 saturated heterocycles. The van der Waals surface area contributed by atoms with Crippen molar-refractivity contribution in [2.75, 3.05) is 61.0 Å². The van der Waals surface area contributed by atoms with Crippen LogP contribution in [0.3, 0.4) is 0 Å². The minimum atomic E-state index is -3.41. The molecule has 0 fully saturated rings. The van der Waals surface area contributed by atoms with Crippen LogP contribution in [0.25, 0.3) is 0 Å². The lowest BCUT2D eigenvalue weighted by molar-refractivity contribution is -0.120. The Labute approximate surface area is 146 Å². The fourth-order valence-electron chi connectivity index (χ4n) is 2.15. The van der Waals surface area contributed by atoms with Gasteiger partial charge < -0.3 is 27.5 Å². The van der Waals surface area contributed by atoms with Crippen molar-refractivity contribution >= 4 is 14.6 Å². The number of rotatable bonds is 16. The molecule has 0 N–H and O–H groups in total. The van der Waals surface area contributed by atoms with Crippen molar-refractivity contribution in [3.63, 3.8) is 0 Å². The van der Waals surface area contributed by atoms with Gasteiger partial charge >= 0.3 is 8.80 Å². The van der Waals surface area contributed by atoms with Gasteiger partial charge in [0.15, 0.2) is 5.78 Å². The van der Waals surface area contributed by atoms with Crippen LogP contribution in [-0.4, -0.2) is 75.6 Å². The van der Waals surface area contributed by atoms with Gasteiger partial charge in [-0.15, -0.1) is 0 Å². The van der Waals surface area contributed by atoms with E-state index in [2.05, 4.69) is 6.58 Å². The van der Waals surface area contributed by atoms with Gasteiger partial charge in [0.1, 0.15) is 0 Å². The zero-order chi connectivity index (χ0) is 18.5. The highest BCUT2D eigenvalue weighted by Gasteiger charge is 2.61. The SMILES string of the molecule is C=CC(=O)C(C)(CC)[Si](OCCOC)(OCCOC)OCCOC. The molecule has 1 unspecified atom stereocenters. The summed E-state index contributed by atoms with van der Waals surface area (Å²) in [7, 11) is 1.34. The first kappa shape index (κ1) is 23.4. The monoisotopic (exact) mass is 364 g/mol. The third kappa shape index (κ3) is 6.36. The minimum Gasteiger partial charge on any atom is -0.382 e. The summed E-state index contributed by atoms with van der Waals surface area (Å²) in [4.78, 5) is 12.6. The van der Waals surface area contributed by atoms with Crippen LogP contribution in [0, 0.1) is 0 Å². The second kappa shape index (κ2) is 12.7. The third-order valence-electron chi connectivity index (χ3n) is 3.85. The predicted octanol–water partition coefficient (Wildman–Crippen LogP) is 1.84. The van der Waals surface area contributed by atoms with Gasteiger partial charge in [0, 0.05) is 21.3 Å². The van der Waals surface area contributed by atoms with Gasteiger partial charge in [0.2, 0.25) is 0 Å². The van der Waals surface area contributed by atoms with Crippen molar-refractivity contribution < 1.29 is 32.3 Å². The summed E-state index contributed by atoms with van der Waals surface area (Å²) < 4.78 is 33.3. The van der Waals surface area contributed by atoms with E-state index in [0.717, 1.165) is 0 Å². The molecule has 0 aliphatic rings. The fraction of sp³-hybridized carbons (Fsp3) is 0.812. The van der Waals surface area contributed by atoms with Crippen LogP contribution in [0.1, 0.15) is 20.3 Å². The van der Waals surface area contributed by atoms with Gasteiger partial charge in [0.25, 0.3) is 0 Å². The molecule has 1 atom stereocenters. The summed E-state index contributed by atoms with van der Waals surface area (Å²) >= 11 is 0. The van der Waals surface area contributed by atoms with Gasteiger partial charge in [-0.05, 0) is 19.4 Å². The van der Waals surface area contributed by atoms with Gasteiger partial charge in [-0.3, -0.25) is 4.79 Å². The van der Waals surface area contributed by atoms with E-state index < -0.39 is 13.8 Å². The third-order valence-corrected chi connectivity index (χ3v) is 7.55. The molecule has 0 amide bonds. The van der Waals surface area contributed by atoms with E-state index in [9.17, 15) is 4.79 Å². The van der Waals surface area contributed by atoms with E-state index in [1.54, 1.807) is 28.3 Å². The Morgan fingerprint density at radius 2 is 1.29 bits per heavy atom. The van der Waals surface area contributed by atoms with Crippen molar-refractivity contribution in [3.05, 3.63) is 12.7 Å². The van der Waals surface area contributed by atoms with Gasteiger partial charge in [-0.25, -0.2) is 0 Å². The lowest BCUT2D eigenvalue weighted by Crippen LogP contribution is -2.59. The van der Waals surface area contributed by atoms with Crippen LogP contribution in [0.4, 0.5) is 0 Å². The Hall–Kier alpha value is -0.613. The first-order chi connectivity index (χ1) is 11.5. The summed E-state index contributed by atoms with van der Waals surface area (Å²) in [5.74, 6) is -0.163. The molecule has 0 aliphatic heterocycles. The molecule has 0 aromatic heterocycles. The fourth-order valence-corrected chi connectivity index (χ4v) is 5.25. The van der Waals surface area contributed by atoms with Crippen molar-refractivity contribution in [1.29, 1.82) is 0 Å². The van der Waals surface area contributed by atoms with Crippen LogP contribution in [0.5, 0.6) is 0 Å². The van der Waals surface area contributed by atoms with Crippen LogP contribution >= 0.6 is 0 Å². The van der Waals surface area contributed by atoms with Gasteiger partial charge in [-0.1, -0.05) is 13.5 Å². The van der Waals surface area contributed by atoms with E-state index in [1.165, 1.54) is 6.08 Å². The molecule has 0 aliphatic carbocycles. The largest absolute Gasteiger partial charge is 0.515 e. The molecule has 7 nitrogen and oxygen atoms in total. The first-order valence-electron chi connectivity index (χ1n) is 8.03. The quantitative estimate of drug-likeness (QED) is 0.235. The van der Waals surface area contributed by atoms with E-state index in [0.29, 0.717) is 26.2 Å². The van der Waals surface area contributed by atoms with Gasteiger partial charge in [-0.2, -0.15) is 0 Å². The van der Waals surface area contributed by atoms with E-state index in [1.807, 2.05) is 6.92 Å². The number of allylic oxidation sites excluding steroid dienone is 1. The molecule has 0 spiro atoms. The molecular formula is C16H32O7Si. The average Bonchev–Trinajstić information content (AvgIpc) is 2.60. The molecule has 8 heteroatoms. The van der Waals surface area contributed by atoms with E-state index >= 15 is 0 Å². The molecule has 0 rings (SSSR count). The molecule has 0 aromatic rings.